The van der Waals surface area contributed by atoms with Gasteiger partial charge in [0, 0.05) is 18.3 Å². The summed E-state index contributed by atoms with van der Waals surface area (Å²) in [5.41, 5.74) is 7.61. The highest BCUT2D eigenvalue weighted by Crippen LogP contribution is 2.19. The number of nitrogens with zero attached hydrogens (tertiary/aromatic N) is 2. The second-order valence-corrected chi connectivity index (χ2v) is 4.85. The second kappa shape index (κ2) is 6.49. The molecule has 0 aliphatic rings. The van der Waals surface area contributed by atoms with Crippen LogP contribution in [-0.2, 0) is 23.2 Å². The number of carbonyl (C=O) groups excluding carboxylic acids is 1. The fraction of sp³-hybridized carbons (Fsp3) is 0.286. The molecule has 21 heavy (non-hydrogen) atoms. The van der Waals surface area contributed by atoms with E-state index in [0.29, 0.717) is 22.2 Å². The molecule has 1 aromatic carbocycles. The molecule has 0 fully saturated rings. The summed E-state index contributed by atoms with van der Waals surface area (Å²) in [6, 6.07) is 6.76. The molecule has 7 heteroatoms. The Morgan fingerprint density at radius 2 is 2.05 bits per heavy atom. The molecule has 1 heterocycles. The van der Waals surface area contributed by atoms with Crippen LogP contribution in [0.2, 0.25) is 5.15 Å². The fourth-order valence-electron chi connectivity index (χ4n) is 1.74. The number of hydrogen-bond acceptors (Lipinski definition) is 5. The molecule has 0 atom stereocenters. The molecule has 2 N–H and O–H groups in total. The van der Waals surface area contributed by atoms with E-state index in [1.807, 2.05) is 0 Å². The molecular weight excluding hydrogens is 294 g/mol. The summed E-state index contributed by atoms with van der Waals surface area (Å²) in [5.74, 6) is 0.0721. The molecule has 0 saturated heterocycles. The first-order valence-corrected chi connectivity index (χ1v) is 6.67. The third-order valence-electron chi connectivity index (χ3n) is 2.88. The van der Waals surface area contributed by atoms with Gasteiger partial charge in [0.2, 0.25) is 0 Å². The van der Waals surface area contributed by atoms with E-state index >= 15 is 0 Å². The molecule has 0 spiro atoms. The molecule has 0 unspecified atom stereocenters. The van der Waals surface area contributed by atoms with Crippen LogP contribution in [-0.4, -0.2) is 22.4 Å². The Kier molecular flexibility index (Phi) is 4.70. The van der Waals surface area contributed by atoms with Crippen LogP contribution in [0.4, 0.5) is 5.69 Å². The molecule has 0 bridgehead atoms. The molecule has 6 nitrogen and oxygen atoms in total. The van der Waals surface area contributed by atoms with E-state index in [0.717, 1.165) is 5.69 Å². The van der Waals surface area contributed by atoms with Crippen molar-refractivity contribution in [1.29, 1.82) is 0 Å². The van der Waals surface area contributed by atoms with E-state index < -0.39 is 5.97 Å². The van der Waals surface area contributed by atoms with Crippen molar-refractivity contribution in [2.24, 2.45) is 7.05 Å². The number of hydrogen-bond donors (Lipinski definition) is 1. The Labute approximate surface area is 127 Å². The average Bonchev–Trinajstić information content (AvgIpc) is 2.69. The van der Waals surface area contributed by atoms with Crippen LogP contribution in [0, 0.1) is 6.92 Å². The largest absolute Gasteiger partial charge is 0.482 e. The van der Waals surface area contributed by atoms with E-state index in [4.69, 9.17) is 26.8 Å². The van der Waals surface area contributed by atoms with Crippen molar-refractivity contribution in [2.75, 3.05) is 12.3 Å². The molecule has 112 valence electrons. The zero-order valence-corrected chi connectivity index (χ0v) is 12.6. The highest BCUT2D eigenvalue weighted by atomic mass is 35.5. The third-order valence-corrected chi connectivity index (χ3v) is 3.36. The molecule has 1 aromatic heterocycles. The van der Waals surface area contributed by atoms with Gasteiger partial charge in [0.05, 0.1) is 5.69 Å². The first-order chi connectivity index (χ1) is 9.97. The monoisotopic (exact) mass is 309 g/mol. The number of nitrogens with two attached hydrogens (primary N) is 1. The summed E-state index contributed by atoms with van der Waals surface area (Å²) in [6.07, 6.45) is 0. The molecule has 0 amide bonds. The van der Waals surface area contributed by atoms with Crippen molar-refractivity contribution >= 4 is 23.3 Å². The zero-order chi connectivity index (χ0) is 15.4. The van der Waals surface area contributed by atoms with Gasteiger partial charge >= 0.3 is 5.97 Å². The van der Waals surface area contributed by atoms with Crippen molar-refractivity contribution in [1.82, 2.24) is 9.78 Å². The molecular formula is C14H16ClN3O3. The number of aromatic nitrogens is 2. The van der Waals surface area contributed by atoms with E-state index in [1.165, 1.54) is 4.68 Å². The summed E-state index contributed by atoms with van der Waals surface area (Å²) < 4.78 is 11.9. The van der Waals surface area contributed by atoms with Gasteiger partial charge in [0.15, 0.2) is 6.61 Å². The van der Waals surface area contributed by atoms with Crippen LogP contribution in [0.25, 0.3) is 0 Å². The van der Waals surface area contributed by atoms with Crippen molar-refractivity contribution < 1.29 is 14.3 Å². The summed E-state index contributed by atoms with van der Waals surface area (Å²) in [5, 5.41) is 4.60. The van der Waals surface area contributed by atoms with Gasteiger partial charge in [-0.2, -0.15) is 5.10 Å². The fourth-order valence-corrected chi connectivity index (χ4v) is 1.97. The van der Waals surface area contributed by atoms with Crippen molar-refractivity contribution in [3.8, 4) is 5.75 Å². The molecule has 0 aliphatic carbocycles. The minimum absolute atomic E-state index is 0.0719. The molecule has 0 aliphatic heterocycles. The van der Waals surface area contributed by atoms with Gasteiger partial charge < -0.3 is 15.2 Å². The maximum Gasteiger partial charge on any atom is 0.344 e. The number of esters is 1. The Morgan fingerprint density at radius 3 is 2.62 bits per heavy atom. The van der Waals surface area contributed by atoms with Gasteiger partial charge in [0.25, 0.3) is 0 Å². The summed E-state index contributed by atoms with van der Waals surface area (Å²) in [4.78, 5) is 11.6. The Morgan fingerprint density at radius 1 is 1.38 bits per heavy atom. The van der Waals surface area contributed by atoms with Crippen LogP contribution < -0.4 is 10.5 Å². The Bertz CT molecular complexity index is 638. The summed E-state index contributed by atoms with van der Waals surface area (Å²) in [6.45, 7) is 1.70. The maximum atomic E-state index is 11.6. The molecule has 2 rings (SSSR count). The van der Waals surface area contributed by atoms with Crippen molar-refractivity contribution in [3.63, 3.8) is 0 Å². The number of halogens is 1. The average molecular weight is 310 g/mol. The highest BCUT2D eigenvalue weighted by molar-refractivity contribution is 6.30. The van der Waals surface area contributed by atoms with Gasteiger partial charge in [-0.15, -0.1) is 0 Å². The minimum Gasteiger partial charge on any atom is -0.482 e. The van der Waals surface area contributed by atoms with Crippen molar-refractivity contribution in [2.45, 2.75) is 13.5 Å². The molecule has 0 radical (unpaired) electrons. The second-order valence-electron chi connectivity index (χ2n) is 4.50. The first kappa shape index (κ1) is 15.2. The normalized spacial score (nSPS) is 10.4. The van der Waals surface area contributed by atoms with Crippen molar-refractivity contribution in [3.05, 3.63) is 40.7 Å². The van der Waals surface area contributed by atoms with Gasteiger partial charge in [-0.25, -0.2) is 4.79 Å². The predicted octanol–water partition coefficient (Wildman–Crippen LogP) is 2.09. The topological polar surface area (TPSA) is 79.4 Å². The Balaban J connectivity index is 1.83. The van der Waals surface area contributed by atoms with Crippen LogP contribution in [0.3, 0.4) is 0 Å². The lowest BCUT2D eigenvalue weighted by molar-refractivity contribution is -0.147. The number of carbonyl (C=O) groups is 1. The van der Waals surface area contributed by atoms with Gasteiger partial charge in [-0.1, -0.05) is 11.6 Å². The van der Waals surface area contributed by atoms with Gasteiger partial charge in [-0.3, -0.25) is 4.68 Å². The number of rotatable bonds is 5. The van der Waals surface area contributed by atoms with E-state index in [1.54, 1.807) is 38.2 Å². The van der Waals surface area contributed by atoms with Crippen LogP contribution in [0.15, 0.2) is 24.3 Å². The summed E-state index contributed by atoms with van der Waals surface area (Å²) >= 11 is 6.05. The van der Waals surface area contributed by atoms with Crippen LogP contribution in [0.5, 0.6) is 5.75 Å². The lowest BCUT2D eigenvalue weighted by atomic mass is 10.3. The first-order valence-electron chi connectivity index (χ1n) is 6.29. The molecule has 0 saturated carbocycles. The SMILES string of the molecule is Cc1nn(C)c(Cl)c1COC(=O)COc1ccc(N)cc1. The van der Waals surface area contributed by atoms with E-state index in [-0.39, 0.29) is 13.2 Å². The van der Waals surface area contributed by atoms with Crippen LogP contribution in [0.1, 0.15) is 11.3 Å². The zero-order valence-electron chi connectivity index (χ0n) is 11.8. The lowest BCUT2D eigenvalue weighted by Crippen LogP contribution is -2.15. The maximum absolute atomic E-state index is 11.6. The number of aryl methyl sites for hydroxylation is 2. The minimum atomic E-state index is -0.480. The molecule has 2 aromatic rings. The Hall–Kier alpha value is -2.21. The smallest absolute Gasteiger partial charge is 0.344 e. The number of benzene rings is 1. The van der Waals surface area contributed by atoms with Gasteiger partial charge in [0.1, 0.15) is 17.5 Å². The quantitative estimate of drug-likeness (QED) is 0.676. The van der Waals surface area contributed by atoms with Crippen LogP contribution >= 0.6 is 11.6 Å². The number of ether oxygens (including phenoxy) is 2. The lowest BCUT2D eigenvalue weighted by Gasteiger charge is -2.07. The van der Waals surface area contributed by atoms with Gasteiger partial charge in [-0.05, 0) is 31.2 Å². The standard InChI is InChI=1S/C14H16ClN3O3/c1-9-12(14(15)18(2)17-9)7-21-13(19)8-20-11-5-3-10(16)4-6-11/h3-6H,7-8,16H2,1-2H3. The highest BCUT2D eigenvalue weighted by Gasteiger charge is 2.13. The number of anilines is 1. The summed E-state index contributed by atoms with van der Waals surface area (Å²) in [7, 11) is 1.73. The number of nitrogen functional groups attached to an aromatic ring is 1. The van der Waals surface area contributed by atoms with E-state index in [2.05, 4.69) is 5.10 Å². The third kappa shape index (κ3) is 3.88. The predicted molar refractivity (Wildman–Crippen MR) is 79.1 cm³/mol. The van der Waals surface area contributed by atoms with E-state index in [9.17, 15) is 4.79 Å².